The number of alkyl halides is 5. The molecule has 1 aliphatic rings. The number of nitrogens with zero attached hydrogens (tertiary/aromatic N) is 4. The maximum absolute atomic E-state index is 14.7. The number of pyridine rings is 1. The molecule has 1 aliphatic heterocycles. The zero-order valence-corrected chi connectivity index (χ0v) is 17.7. The van der Waals surface area contributed by atoms with Gasteiger partial charge in [0, 0.05) is 43.7 Å². The van der Waals surface area contributed by atoms with Crippen LogP contribution < -0.4 is 4.74 Å². The molecule has 0 saturated carbocycles. The monoisotopic (exact) mass is 484 g/mol. The van der Waals surface area contributed by atoms with E-state index in [1.807, 2.05) is 0 Å². The first-order valence-electron chi connectivity index (χ1n) is 9.98. The largest absolute Gasteiger partial charge is 0.459 e. The lowest BCUT2D eigenvalue weighted by Gasteiger charge is -2.39. The molecule has 1 saturated heterocycles. The summed E-state index contributed by atoms with van der Waals surface area (Å²) in [7, 11) is 0. The van der Waals surface area contributed by atoms with Crippen molar-refractivity contribution in [1.29, 1.82) is 0 Å². The third kappa shape index (κ3) is 4.02. The highest BCUT2D eigenvalue weighted by Gasteiger charge is 2.48. The van der Waals surface area contributed by atoms with Crippen LogP contribution in [0.25, 0.3) is 15.9 Å². The Morgan fingerprint density at radius 2 is 2.00 bits per heavy atom. The molecular weight excluding hydrogens is 467 g/mol. The molecule has 1 N–H and O–H groups in total. The fourth-order valence-corrected chi connectivity index (χ4v) is 4.82. The molecule has 6 nitrogen and oxygen atoms in total. The highest BCUT2D eigenvalue weighted by molar-refractivity contribution is 7.20. The summed E-state index contributed by atoms with van der Waals surface area (Å²) >= 11 is 0.770. The molecule has 0 spiro atoms. The van der Waals surface area contributed by atoms with Crippen molar-refractivity contribution < 1.29 is 31.8 Å². The summed E-state index contributed by atoms with van der Waals surface area (Å²) in [5, 5.41) is 10.6. The highest BCUT2D eigenvalue weighted by atomic mass is 32.1. The Labute approximate surface area is 187 Å². The van der Waals surface area contributed by atoms with Gasteiger partial charge in [0.1, 0.15) is 11.9 Å². The molecule has 174 valence electrons. The molecule has 2 atom stereocenters. The summed E-state index contributed by atoms with van der Waals surface area (Å²) in [5.41, 5.74) is -0.356. The Balaban J connectivity index is 1.41. The van der Waals surface area contributed by atoms with E-state index in [1.165, 1.54) is 17.0 Å². The van der Waals surface area contributed by atoms with Gasteiger partial charge in [0.15, 0.2) is 6.10 Å². The molecule has 3 aromatic heterocycles. The van der Waals surface area contributed by atoms with E-state index in [2.05, 4.69) is 9.97 Å². The molecule has 4 aromatic rings. The molecule has 4 heterocycles. The second-order valence-electron chi connectivity index (χ2n) is 7.74. The van der Waals surface area contributed by atoms with Gasteiger partial charge < -0.3 is 14.2 Å². The number of benzene rings is 1. The van der Waals surface area contributed by atoms with Crippen molar-refractivity contribution in [1.82, 2.24) is 19.3 Å². The van der Waals surface area contributed by atoms with E-state index in [-0.39, 0.29) is 28.5 Å². The number of imidazole rings is 1. The molecule has 12 heteroatoms. The number of fused-ring (bicyclic) bond motifs is 2. The van der Waals surface area contributed by atoms with Crippen molar-refractivity contribution in [3.8, 4) is 5.19 Å². The van der Waals surface area contributed by atoms with Crippen molar-refractivity contribution in [2.45, 2.75) is 30.9 Å². The number of rotatable bonds is 4. The number of thiazole rings is 1. The van der Waals surface area contributed by atoms with Crippen LogP contribution >= 0.6 is 11.3 Å². The van der Waals surface area contributed by atoms with E-state index >= 15 is 0 Å². The summed E-state index contributed by atoms with van der Waals surface area (Å²) < 4.78 is 76.4. The predicted molar refractivity (Wildman–Crippen MR) is 110 cm³/mol. The van der Waals surface area contributed by atoms with Crippen LogP contribution in [0.5, 0.6) is 5.19 Å². The Kier molecular flexibility index (Phi) is 5.26. The SMILES string of the molecule is OC(c1cccn2ccnc12)N1CCC(F)(F)C(Oc2nc3c(C(F)(F)F)cccc3s2)C1. The molecule has 1 aromatic carbocycles. The van der Waals surface area contributed by atoms with Crippen molar-refractivity contribution in [3.63, 3.8) is 0 Å². The van der Waals surface area contributed by atoms with Gasteiger partial charge in [-0.05, 0) is 24.3 Å². The number of piperidine rings is 1. The average molecular weight is 484 g/mol. The number of aliphatic hydroxyl groups excluding tert-OH is 1. The Hall–Kier alpha value is -2.83. The van der Waals surface area contributed by atoms with Gasteiger partial charge in [-0.25, -0.2) is 18.7 Å². The van der Waals surface area contributed by atoms with Crippen LogP contribution in [0.1, 0.15) is 23.8 Å². The van der Waals surface area contributed by atoms with Gasteiger partial charge in [-0.2, -0.15) is 13.2 Å². The first kappa shape index (κ1) is 22.0. The molecule has 1 fully saturated rings. The van der Waals surface area contributed by atoms with Crippen LogP contribution in [-0.4, -0.2) is 49.5 Å². The van der Waals surface area contributed by atoms with Crippen molar-refractivity contribution in [2.24, 2.45) is 0 Å². The molecule has 0 aliphatic carbocycles. The fraction of sp³-hybridized carbons (Fsp3) is 0.333. The number of likely N-dealkylation sites (tertiary alicyclic amines) is 1. The number of aromatic nitrogens is 3. The van der Waals surface area contributed by atoms with Crippen molar-refractivity contribution >= 4 is 27.2 Å². The minimum absolute atomic E-state index is 0.103. The summed E-state index contributed by atoms with van der Waals surface area (Å²) in [6.45, 7) is -0.453. The van der Waals surface area contributed by atoms with Gasteiger partial charge in [0.2, 0.25) is 0 Å². The number of para-hydroxylation sites is 1. The second kappa shape index (κ2) is 7.89. The highest BCUT2D eigenvalue weighted by Crippen LogP contribution is 2.40. The average Bonchev–Trinajstić information content (AvgIpc) is 3.39. The number of aliphatic hydroxyl groups is 1. The van der Waals surface area contributed by atoms with Gasteiger partial charge in [-0.3, -0.25) is 4.90 Å². The number of hydrogen-bond acceptors (Lipinski definition) is 6. The summed E-state index contributed by atoms with van der Waals surface area (Å²) in [6.07, 6.45) is -3.13. The third-order valence-electron chi connectivity index (χ3n) is 5.62. The van der Waals surface area contributed by atoms with E-state index in [1.54, 1.807) is 35.1 Å². The Bertz CT molecular complexity index is 1300. The lowest BCUT2D eigenvalue weighted by Crippen LogP contribution is -2.54. The maximum atomic E-state index is 14.7. The number of hydrogen-bond donors (Lipinski definition) is 1. The smallest absolute Gasteiger partial charge is 0.418 e. The minimum Gasteiger partial charge on any atom is -0.459 e. The van der Waals surface area contributed by atoms with Crippen molar-refractivity contribution in [2.75, 3.05) is 13.1 Å². The van der Waals surface area contributed by atoms with Crippen LogP contribution in [0.4, 0.5) is 22.0 Å². The molecule has 33 heavy (non-hydrogen) atoms. The van der Waals surface area contributed by atoms with Crippen LogP contribution in [0.15, 0.2) is 48.9 Å². The van der Waals surface area contributed by atoms with E-state index < -0.39 is 36.4 Å². The number of ether oxygens (including phenoxy) is 1. The summed E-state index contributed by atoms with van der Waals surface area (Å²) in [6, 6.07) is 6.91. The van der Waals surface area contributed by atoms with E-state index in [4.69, 9.17) is 4.74 Å². The van der Waals surface area contributed by atoms with E-state index in [9.17, 15) is 27.1 Å². The standard InChI is InChI=1S/C21H17F5N4O2S/c22-20(23)6-9-30(18(31)12-3-2-8-29-10-7-27-17(12)29)11-15(20)32-19-28-16-13(21(24,25)26)4-1-5-14(16)33-19/h1-5,7-8,10,15,18,31H,6,9,11H2. The summed E-state index contributed by atoms with van der Waals surface area (Å²) in [5.74, 6) is -3.25. The van der Waals surface area contributed by atoms with E-state index in [0.717, 1.165) is 17.4 Å². The van der Waals surface area contributed by atoms with Crippen LogP contribution in [-0.2, 0) is 6.18 Å². The van der Waals surface area contributed by atoms with Crippen LogP contribution in [0, 0.1) is 0 Å². The topological polar surface area (TPSA) is 62.9 Å². The third-order valence-corrected chi connectivity index (χ3v) is 6.54. The van der Waals surface area contributed by atoms with Crippen molar-refractivity contribution in [3.05, 3.63) is 60.0 Å². The van der Waals surface area contributed by atoms with E-state index in [0.29, 0.717) is 11.2 Å². The summed E-state index contributed by atoms with van der Waals surface area (Å²) in [4.78, 5) is 9.48. The van der Waals surface area contributed by atoms with Gasteiger partial charge in [0.25, 0.3) is 11.1 Å². The fourth-order valence-electron chi connectivity index (χ4n) is 3.94. The number of halogens is 5. The van der Waals surface area contributed by atoms with Gasteiger partial charge >= 0.3 is 6.18 Å². The van der Waals surface area contributed by atoms with Gasteiger partial charge in [0.05, 0.1) is 15.8 Å². The maximum Gasteiger partial charge on any atom is 0.418 e. The Morgan fingerprint density at radius 3 is 2.79 bits per heavy atom. The quantitative estimate of drug-likeness (QED) is 0.424. The molecule has 5 rings (SSSR count). The molecular formula is C21H17F5N4O2S. The predicted octanol–water partition coefficient (Wildman–Crippen LogP) is 4.74. The second-order valence-corrected chi connectivity index (χ2v) is 8.73. The zero-order valence-electron chi connectivity index (χ0n) is 16.8. The van der Waals surface area contributed by atoms with Crippen LogP contribution in [0.3, 0.4) is 0 Å². The molecule has 0 radical (unpaired) electrons. The normalized spacial score (nSPS) is 20.4. The molecule has 2 unspecified atom stereocenters. The zero-order chi connectivity index (χ0) is 23.4. The lowest BCUT2D eigenvalue weighted by atomic mass is 10.0. The first-order chi connectivity index (χ1) is 15.6. The van der Waals surface area contributed by atoms with Gasteiger partial charge in [-0.15, -0.1) is 0 Å². The molecule has 0 bridgehead atoms. The minimum atomic E-state index is -4.63. The molecule has 0 amide bonds. The Morgan fingerprint density at radius 1 is 1.18 bits per heavy atom. The first-order valence-corrected chi connectivity index (χ1v) is 10.8. The lowest BCUT2D eigenvalue weighted by molar-refractivity contribution is -0.160. The van der Waals surface area contributed by atoms with Crippen LogP contribution in [0.2, 0.25) is 0 Å². The van der Waals surface area contributed by atoms with Gasteiger partial charge in [-0.1, -0.05) is 17.4 Å².